The molecule has 0 aliphatic heterocycles. The zero-order valence-corrected chi connectivity index (χ0v) is 8.91. The number of nitrogens with one attached hydrogen (secondary N) is 1. The van der Waals surface area contributed by atoms with Gasteiger partial charge in [-0.15, -0.1) is 0 Å². The first-order valence-corrected chi connectivity index (χ1v) is 4.68. The number of methoxy groups -OCH3 is 2. The van der Waals surface area contributed by atoms with E-state index in [2.05, 4.69) is 14.8 Å². The molecule has 0 unspecified atom stereocenters. The van der Waals surface area contributed by atoms with Crippen LogP contribution in [-0.2, 0) is 19.1 Å². The van der Waals surface area contributed by atoms with Crippen molar-refractivity contribution in [1.29, 1.82) is 0 Å². The van der Waals surface area contributed by atoms with Crippen molar-refractivity contribution in [3.05, 3.63) is 0 Å². The summed E-state index contributed by atoms with van der Waals surface area (Å²) in [6.45, 7) is -0.0754. The Morgan fingerprint density at radius 1 is 1.47 bits per heavy atom. The van der Waals surface area contributed by atoms with Crippen LogP contribution in [0.3, 0.4) is 0 Å². The predicted octanol–water partition coefficient (Wildman–Crippen LogP) is -1.22. The molecule has 0 aromatic rings. The van der Waals surface area contributed by atoms with E-state index >= 15 is 0 Å². The molecule has 0 aromatic carbocycles. The number of amides is 1. The van der Waals surface area contributed by atoms with Gasteiger partial charge in [-0.25, -0.2) is 4.79 Å². The zero-order valence-electron chi connectivity index (χ0n) is 8.91. The average Bonchev–Trinajstić information content (AvgIpc) is 2.14. The summed E-state index contributed by atoms with van der Waals surface area (Å²) in [6.07, 6.45) is 0.824. The van der Waals surface area contributed by atoms with Crippen molar-refractivity contribution in [2.45, 2.75) is 24.4 Å². The van der Waals surface area contributed by atoms with Crippen molar-refractivity contribution in [3.8, 4) is 0 Å². The second kappa shape index (κ2) is 4.59. The first-order valence-electron chi connectivity index (χ1n) is 4.68. The van der Waals surface area contributed by atoms with Crippen LogP contribution in [0.2, 0.25) is 0 Å². The lowest BCUT2D eigenvalue weighted by atomic mass is 9.73. The largest absolute Gasteiger partial charge is 0.467 e. The highest BCUT2D eigenvalue weighted by molar-refractivity contribution is 5.89. The van der Waals surface area contributed by atoms with Gasteiger partial charge in [0, 0.05) is 13.2 Å². The van der Waals surface area contributed by atoms with Gasteiger partial charge in [0.05, 0.1) is 7.11 Å². The van der Waals surface area contributed by atoms with Gasteiger partial charge in [-0.2, -0.15) is 0 Å². The summed E-state index contributed by atoms with van der Waals surface area (Å²) in [5.41, 5.74) is 4.67. The Bertz CT molecular complexity index is 261. The molecular formula is C9H16N2O4. The van der Waals surface area contributed by atoms with Gasteiger partial charge in [-0.05, 0) is 12.8 Å². The first kappa shape index (κ1) is 11.9. The van der Waals surface area contributed by atoms with E-state index in [0.29, 0.717) is 12.8 Å². The Labute approximate surface area is 88.1 Å². The van der Waals surface area contributed by atoms with Crippen molar-refractivity contribution in [2.24, 2.45) is 5.73 Å². The molecule has 1 amide bonds. The summed E-state index contributed by atoms with van der Waals surface area (Å²) in [6, 6.07) is -0.0630. The molecule has 0 radical (unpaired) electrons. The van der Waals surface area contributed by atoms with E-state index in [1.807, 2.05) is 0 Å². The molecule has 86 valence electrons. The Morgan fingerprint density at radius 2 is 2.07 bits per heavy atom. The van der Waals surface area contributed by atoms with E-state index in [0.717, 1.165) is 0 Å². The highest BCUT2D eigenvalue weighted by Gasteiger charge is 2.51. The summed E-state index contributed by atoms with van der Waals surface area (Å²) in [4.78, 5) is 22.8. The molecule has 3 N–H and O–H groups in total. The lowest BCUT2D eigenvalue weighted by Gasteiger charge is -2.43. The van der Waals surface area contributed by atoms with E-state index in [1.165, 1.54) is 14.2 Å². The number of rotatable bonds is 4. The lowest BCUT2D eigenvalue weighted by molar-refractivity contribution is -0.156. The van der Waals surface area contributed by atoms with E-state index in [-0.39, 0.29) is 18.6 Å². The monoisotopic (exact) mass is 216 g/mol. The van der Waals surface area contributed by atoms with Crippen LogP contribution in [-0.4, -0.2) is 44.3 Å². The van der Waals surface area contributed by atoms with Crippen LogP contribution in [0, 0.1) is 0 Å². The SMILES string of the molecule is COCC(=O)NC1(C(=O)OC)CC(N)C1. The molecule has 0 bridgehead atoms. The molecule has 1 fully saturated rings. The van der Waals surface area contributed by atoms with Crippen LogP contribution in [0.25, 0.3) is 0 Å². The van der Waals surface area contributed by atoms with Crippen molar-refractivity contribution < 1.29 is 19.1 Å². The smallest absolute Gasteiger partial charge is 0.331 e. The minimum atomic E-state index is -0.941. The summed E-state index contributed by atoms with van der Waals surface area (Å²) in [5, 5.41) is 2.59. The third-order valence-corrected chi connectivity index (χ3v) is 2.45. The Morgan fingerprint density at radius 3 is 2.47 bits per heavy atom. The number of ether oxygens (including phenoxy) is 2. The molecule has 1 aliphatic carbocycles. The Balaban J connectivity index is 2.59. The maximum Gasteiger partial charge on any atom is 0.331 e. The number of carbonyl (C=O) groups excluding carboxylic acids is 2. The van der Waals surface area contributed by atoms with Crippen LogP contribution >= 0.6 is 0 Å². The number of carbonyl (C=O) groups is 2. The van der Waals surface area contributed by atoms with Gasteiger partial charge in [0.2, 0.25) is 5.91 Å². The van der Waals surface area contributed by atoms with Gasteiger partial charge in [-0.1, -0.05) is 0 Å². The summed E-state index contributed by atoms with van der Waals surface area (Å²) >= 11 is 0. The molecule has 15 heavy (non-hydrogen) atoms. The number of nitrogens with two attached hydrogens (primary N) is 1. The standard InChI is InChI=1S/C9H16N2O4/c1-14-5-7(12)11-9(8(13)15-2)3-6(10)4-9/h6H,3-5,10H2,1-2H3,(H,11,12). The molecule has 0 spiro atoms. The van der Waals surface area contributed by atoms with Gasteiger partial charge in [-0.3, -0.25) is 4.79 Å². The molecule has 1 rings (SSSR count). The molecular weight excluding hydrogens is 200 g/mol. The van der Waals surface area contributed by atoms with Gasteiger partial charge in [0.25, 0.3) is 0 Å². The molecule has 1 aliphatic rings. The fourth-order valence-electron chi connectivity index (χ4n) is 1.78. The average molecular weight is 216 g/mol. The number of hydrogen-bond donors (Lipinski definition) is 2. The number of hydrogen-bond acceptors (Lipinski definition) is 5. The van der Waals surface area contributed by atoms with Crippen LogP contribution in [0.15, 0.2) is 0 Å². The zero-order chi connectivity index (χ0) is 11.5. The third-order valence-electron chi connectivity index (χ3n) is 2.45. The summed E-state index contributed by atoms with van der Waals surface area (Å²) < 4.78 is 9.30. The molecule has 0 aromatic heterocycles. The second-order valence-corrected chi connectivity index (χ2v) is 3.72. The van der Waals surface area contributed by atoms with E-state index in [9.17, 15) is 9.59 Å². The number of esters is 1. The first-order chi connectivity index (χ1) is 7.04. The molecule has 0 atom stereocenters. The maximum absolute atomic E-state index is 11.5. The third kappa shape index (κ3) is 2.45. The molecule has 6 heteroatoms. The topological polar surface area (TPSA) is 90.6 Å². The van der Waals surface area contributed by atoms with Gasteiger partial charge >= 0.3 is 5.97 Å². The van der Waals surface area contributed by atoms with Gasteiger partial charge in [0.15, 0.2) is 0 Å². The van der Waals surface area contributed by atoms with Crippen LogP contribution < -0.4 is 11.1 Å². The fourth-order valence-corrected chi connectivity index (χ4v) is 1.78. The van der Waals surface area contributed by atoms with Gasteiger partial charge < -0.3 is 20.5 Å². The quantitative estimate of drug-likeness (QED) is 0.575. The molecule has 1 saturated carbocycles. The molecule has 6 nitrogen and oxygen atoms in total. The predicted molar refractivity (Wildman–Crippen MR) is 52.0 cm³/mol. The highest BCUT2D eigenvalue weighted by Crippen LogP contribution is 2.32. The van der Waals surface area contributed by atoms with Crippen molar-refractivity contribution in [3.63, 3.8) is 0 Å². The van der Waals surface area contributed by atoms with Crippen LogP contribution in [0.4, 0.5) is 0 Å². The van der Waals surface area contributed by atoms with Crippen molar-refractivity contribution in [1.82, 2.24) is 5.32 Å². The van der Waals surface area contributed by atoms with E-state index in [1.54, 1.807) is 0 Å². The Kier molecular flexibility index (Phi) is 3.65. The minimum absolute atomic E-state index is 0.0630. The van der Waals surface area contributed by atoms with Crippen LogP contribution in [0.1, 0.15) is 12.8 Å². The molecule has 0 heterocycles. The van der Waals surface area contributed by atoms with Crippen molar-refractivity contribution >= 4 is 11.9 Å². The van der Waals surface area contributed by atoms with Gasteiger partial charge in [0.1, 0.15) is 12.1 Å². The minimum Gasteiger partial charge on any atom is -0.467 e. The Hall–Kier alpha value is -1.14. The second-order valence-electron chi connectivity index (χ2n) is 3.72. The van der Waals surface area contributed by atoms with Crippen LogP contribution in [0.5, 0.6) is 0 Å². The summed E-state index contributed by atoms with van der Waals surface area (Å²) in [7, 11) is 2.70. The normalized spacial score (nSPS) is 29.1. The highest BCUT2D eigenvalue weighted by atomic mass is 16.5. The molecule has 0 saturated heterocycles. The van der Waals surface area contributed by atoms with E-state index in [4.69, 9.17) is 5.73 Å². The fraction of sp³-hybridized carbons (Fsp3) is 0.778. The summed E-state index contributed by atoms with van der Waals surface area (Å²) in [5.74, 6) is -0.788. The lowest BCUT2D eigenvalue weighted by Crippen LogP contribution is -2.67. The van der Waals surface area contributed by atoms with Crippen molar-refractivity contribution in [2.75, 3.05) is 20.8 Å². The maximum atomic E-state index is 11.5. The van der Waals surface area contributed by atoms with E-state index < -0.39 is 11.5 Å².